The van der Waals surface area contributed by atoms with E-state index >= 15 is 0 Å². The molecular weight excluding hydrogens is 221 g/mol. The summed E-state index contributed by atoms with van der Waals surface area (Å²) >= 11 is 5.77. The summed E-state index contributed by atoms with van der Waals surface area (Å²) in [4.78, 5) is 10.5. The van der Waals surface area contributed by atoms with Gasteiger partial charge in [0.1, 0.15) is 11.9 Å². The molecule has 0 aliphatic heterocycles. The molecule has 2 N–H and O–H groups in total. The second-order valence-corrected chi connectivity index (χ2v) is 3.55. The fourth-order valence-corrected chi connectivity index (χ4v) is 1.27. The molecule has 1 unspecified atom stereocenters. The average molecular weight is 232 g/mol. The molecule has 0 aliphatic carbocycles. The van der Waals surface area contributed by atoms with E-state index in [4.69, 9.17) is 16.7 Å². The highest BCUT2D eigenvalue weighted by molar-refractivity contribution is 6.31. The molecule has 3 nitrogen and oxygen atoms in total. The lowest BCUT2D eigenvalue weighted by Crippen LogP contribution is -2.33. The van der Waals surface area contributed by atoms with Crippen molar-refractivity contribution >= 4 is 17.6 Å². The topological polar surface area (TPSA) is 49.3 Å². The maximum atomic E-state index is 13.2. The number of carbonyl (C=O) groups is 1. The number of hydrogen-bond donors (Lipinski definition) is 2. The Morgan fingerprint density at radius 1 is 1.67 bits per heavy atom. The summed E-state index contributed by atoms with van der Waals surface area (Å²) in [6.45, 7) is 1.58. The zero-order valence-corrected chi connectivity index (χ0v) is 8.88. The smallest absolute Gasteiger partial charge is 0.320 e. The van der Waals surface area contributed by atoms with Gasteiger partial charge in [-0.15, -0.1) is 0 Å². The van der Waals surface area contributed by atoms with E-state index < -0.39 is 17.8 Å². The molecule has 1 rings (SSSR count). The van der Waals surface area contributed by atoms with Gasteiger partial charge in [0.25, 0.3) is 0 Å². The van der Waals surface area contributed by atoms with E-state index in [-0.39, 0.29) is 12.1 Å². The lowest BCUT2D eigenvalue weighted by atomic mass is 10.2. The van der Waals surface area contributed by atoms with Crippen LogP contribution in [0.1, 0.15) is 12.5 Å². The molecule has 0 amide bonds. The number of rotatable bonds is 4. The number of aliphatic carboxylic acids is 1. The molecule has 0 heterocycles. The number of hydrogen-bond acceptors (Lipinski definition) is 2. The minimum absolute atomic E-state index is 0.0962. The van der Waals surface area contributed by atoms with E-state index in [1.807, 2.05) is 0 Å². The first kappa shape index (κ1) is 11.9. The van der Waals surface area contributed by atoms with Gasteiger partial charge in [-0.3, -0.25) is 4.79 Å². The van der Waals surface area contributed by atoms with Crippen LogP contribution in [0.4, 0.5) is 4.39 Å². The molecule has 0 aromatic heterocycles. The first-order valence-electron chi connectivity index (χ1n) is 4.41. The van der Waals surface area contributed by atoms with E-state index in [0.717, 1.165) is 0 Å². The summed E-state index contributed by atoms with van der Waals surface area (Å²) in [7, 11) is 0. The minimum Gasteiger partial charge on any atom is -0.480 e. The molecule has 0 fully saturated rings. The lowest BCUT2D eigenvalue weighted by molar-refractivity contribution is -0.139. The zero-order chi connectivity index (χ0) is 11.4. The van der Waals surface area contributed by atoms with Crippen LogP contribution in [0.25, 0.3) is 0 Å². The summed E-state index contributed by atoms with van der Waals surface area (Å²) in [6, 6.07) is 3.61. The van der Waals surface area contributed by atoms with Crippen molar-refractivity contribution in [3.63, 3.8) is 0 Å². The fraction of sp³-hybridized carbons (Fsp3) is 0.300. The molecule has 1 aromatic carbocycles. The summed E-state index contributed by atoms with van der Waals surface area (Å²) in [5.74, 6) is -1.42. The first-order chi connectivity index (χ1) is 7.02. The van der Waals surface area contributed by atoms with Crippen LogP contribution in [-0.4, -0.2) is 17.1 Å². The highest BCUT2D eigenvalue weighted by atomic mass is 35.5. The van der Waals surface area contributed by atoms with Gasteiger partial charge in [0.2, 0.25) is 0 Å². The molecule has 0 saturated heterocycles. The Balaban J connectivity index is 2.69. The van der Waals surface area contributed by atoms with Gasteiger partial charge in [-0.1, -0.05) is 17.7 Å². The van der Waals surface area contributed by atoms with Crippen molar-refractivity contribution in [2.24, 2.45) is 0 Å². The molecule has 0 saturated carbocycles. The lowest BCUT2D eigenvalue weighted by Gasteiger charge is -2.10. The van der Waals surface area contributed by atoms with Crippen LogP contribution in [0.3, 0.4) is 0 Å². The van der Waals surface area contributed by atoms with Crippen molar-refractivity contribution in [3.8, 4) is 0 Å². The summed E-state index contributed by atoms with van der Waals surface area (Å²) < 4.78 is 13.2. The normalized spacial score (nSPS) is 12.5. The summed E-state index contributed by atoms with van der Waals surface area (Å²) in [5.41, 5.74) is 0.285. The highest BCUT2D eigenvalue weighted by Gasteiger charge is 2.12. The number of nitrogens with one attached hydrogen (secondary N) is 1. The van der Waals surface area contributed by atoms with Gasteiger partial charge >= 0.3 is 5.97 Å². The Bertz CT molecular complexity index is 350. The van der Waals surface area contributed by atoms with Crippen molar-refractivity contribution < 1.29 is 14.3 Å². The third kappa shape index (κ3) is 3.18. The van der Waals surface area contributed by atoms with Crippen LogP contribution in [-0.2, 0) is 11.3 Å². The number of benzene rings is 1. The Morgan fingerprint density at radius 3 is 2.87 bits per heavy atom. The van der Waals surface area contributed by atoms with E-state index in [0.29, 0.717) is 5.02 Å². The summed E-state index contributed by atoms with van der Waals surface area (Å²) in [6.07, 6.45) is 0. The standard InChI is InChI=1S/C10H11ClFNO2/c1-6(10(14)15)13-5-7-8(11)3-2-4-9(7)12/h2-4,6,13H,5H2,1H3,(H,14,15). The van der Waals surface area contributed by atoms with Crippen LogP contribution in [0, 0.1) is 5.82 Å². The van der Waals surface area contributed by atoms with E-state index in [9.17, 15) is 9.18 Å². The Kier molecular flexibility index (Phi) is 4.05. The van der Waals surface area contributed by atoms with Crippen molar-refractivity contribution in [2.45, 2.75) is 19.5 Å². The SMILES string of the molecule is CC(NCc1c(F)cccc1Cl)C(=O)O. The van der Waals surface area contributed by atoms with Crippen molar-refractivity contribution in [2.75, 3.05) is 0 Å². The molecule has 0 aliphatic rings. The number of carboxylic acids is 1. The molecule has 15 heavy (non-hydrogen) atoms. The number of carboxylic acid groups (broad SMARTS) is 1. The third-order valence-corrected chi connectivity index (χ3v) is 2.37. The van der Waals surface area contributed by atoms with Crippen LogP contribution < -0.4 is 5.32 Å². The molecular formula is C10H11ClFNO2. The van der Waals surface area contributed by atoms with Crippen molar-refractivity contribution in [1.29, 1.82) is 0 Å². The predicted octanol–water partition coefficient (Wildman–Crippen LogP) is 2.04. The molecule has 5 heteroatoms. The van der Waals surface area contributed by atoms with Gasteiger partial charge < -0.3 is 10.4 Å². The Hall–Kier alpha value is -1.13. The Labute approximate surface area is 91.9 Å². The first-order valence-corrected chi connectivity index (χ1v) is 4.79. The van der Waals surface area contributed by atoms with Crippen LogP contribution in [0.15, 0.2) is 18.2 Å². The molecule has 0 bridgehead atoms. The van der Waals surface area contributed by atoms with E-state index in [1.54, 1.807) is 6.07 Å². The van der Waals surface area contributed by atoms with E-state index in [2.05, 4.69) is 5.32 Å². The van der Waals surface area contributed by atoms with Crippen LogP contribution in [0.5, 0.6) is 0 Å². The van der Waals surface area contributed by atoms with Gasteiger partial charge in [0.15, 0.2) is 0 Å². The average Bonchev–Trinajstić information content (AvgIpc) is 2.16. The molecule has 82 valence electrons. The maximum absolute atomic E-state index is 13.2. The van der Waals surface area contributed by atoms with Gasteiger partial charge in [-0.2, -0.15) is 0 Å². The second-order valence-electron chi connectivity index (χ2n) is 3.14. The van der Waals surface area contributed by atoms with Crippen molar-refractivity contribution in [1.82, 2.24) is 5.32 Å². The van der Waals surface area contributed by atoms with Gasteiger partial charge in [-0.05, 0) is 19.1 Å². The maximum Gasteiger partial charge on any atom is 0.320 e. The third-order valence-electron chi connectivity index (χ3n) is 2.02. The monoisotopic (exact) mass is 231 g/mol. The molecule has 0 radical (unpaired) electrons. The zero-order valence-electron chi connectivity index (χ0n) is 8.13. The van der Waals surface area contributed by atoms with Crippen molar-refractivity contribution in [3.05, 3.63) is 34.6 Å². The van der Waals surface area contributed by atoms with Gasteiger partial charge in [0, 0.05) is 17.1 Å². The van der Waals surface area contributed by atoms with Crippen LogP contribution in [0.2, 0.25) is 5.02 Å². The molecule has 0 spiro atoms. The number of halogens is 2. The van der Waals surface area contributed by atoms with Gasteiger partial charge in [0.05, 0.1) is 0 Å². The second kappa shape index (κ2) is 5.09. The largest absolute Gasteiger partial charge is 0.480 e. The predicted molar refractivity (Wildman–Crippen MR) is 55.3 cm³/mol. The fourth-order valence-electron chi connectivity index (χ4n) is 1.04. The quantitative estimate of drug-likeness (QED) is 0.834. The minimum atomic E-state index is -0.984. The summed E-state index contributed by atoms with van der Waals surface area (Å²) in [5, 5.41) is 11.6. The van der Waals surface area contributed by atoms with E-state index in [1.165, 1.54) is 19.1 Å². The highest BCUT2D eigenvalue weighted by Crippen LogP contribution is 2.18. The Morgan fingerprint density at radius 2 is 2.33 bits per heavy atom. The van der Waals surface area contributed by atoms with Gasteiger partial charge in [-0.25, -0.2) is 4.39 Å². The van der Waals surface area contributed by atoms with Crippen LogP contribution >= 0.6 is 11.6 Å². The molecule has 1 aromatic rings. The molecule has 1 atom stereocenters.